The Bertz CT molecular complexity index is 616. The Morgan fingerprint density at radius 3 is 2.90 bits per heavy atom. The third kappa shape index (κ3) is 3.33. The third-order valence-electron chi connectivity index (χ3n) is 4.06. The number of halogens is 1. The van der Waals surface area contributed by atoms with E-state index in [0.29, 0.717) is 6.04 Å². The predicted octanol–water partition coefficient (Wildman–Crippen LogP) is 4.86. The van der Waals surface area contributed by atoms with E-state index in [1.807, 2.05) is 17.4 Å². The molecule has 1 aromatic heterocycles. The molecule has 21 heavy (non-hydrogen) atoms. The molecule has 0 amide bonds. The first-order valence-electron chi connectivity index (χ1n) is 7.34. The molecular formula is C17H20BrNOS. The summed E-state index contributed by atoms with van der Waals surface area (Å²) in [6, 6.07) is 8.97. The van der Waals surface area contributed by atoms with Crippen LogP contribution in [0.4, 0.5) is 0 Å². The topological polar surface area (TPSA) is 21.3 Å². The van der Waals surface area contributed by atoms with Crippen LogP contribution in [0, 0.1) is 0 Å². The number of nitrogens with one attached hydrogen (secondary N) is 1. The summed E-state index contributed by atoms with van der Waals surface area (Å²) < 4.78 is 6.28. The van der Waals surface area contributed by atoms with Crippen LogP contribution in [0.3, 0.4) is 0 Å². The van der Waals surface area contributed by atoms with Gasteiger partial charge in [0.1, 0.15) is 5.75 Å². The summed E-state index contributed by atoms with van der Waals surface area (Å²) >= 11 is 5.53. The Balaban J connectivity index is 1.63. The van der Waals surface area contributed by atoms with Crippen LogP contribution in [0.5, 0.6) is 5.75 Å². The molecule has 1 unspecified atom stereocenters. The number of hydrogen-bond donors (Lipinski definition) is 1. The number of aryl methyl sites for hydroxylation is 2. The van der Waals surface area contributed by atoms with E-state index in [-0.39, 0.29) is 0 Å². The summed E-state index contributed by atoms with van der Waals surface area (Å²) in [5.74, 6) is 0.876. The van der Waals surface area contributed by atoms with Crippen LogP contribution < -0.4 is 10.1 Å². The van der Waals surface area contributed by atoms with Gasteiger partial charge in [0.05, 0.1) is 11.6 Å². The zero-order valence-electron chi connectivity index (χ0n) is 12.4. The summed E-state index contributed by atoms with van der Waals surface area (Å²) in [7, 11) is 1.69. The van der Waals surface area contributed by atoms with E-state index in [1.165, 1.54) is 29.7 Å². The number of thiophene rings is 1. The molecule has 0 bridgehead atoms. The molecule has 0 saturated carbocycles. The number of ether oxygens (including phenoxy) is 1. The maximum absolute atomic E-state index is 5.28. The maximum Gasteiger partial charge on any atom is 0.133 e. The fourth-order valence-electron chi connectivity index (χ4n) is 2.80. The second kappa shape index (κ2) is 6.51. The van der Waals surface area contributed by atoms with Crippen LogP contribution in [0.1, 0.15) is 40.3 Å². The molecule has 0 aliphatic heterocycles. The first-order valence-corrected chi connectivity index (χ1v) is 8.95. The molecule has 0 radical (unpaired) electrons. The Labute approximate surface area is 138 Å². The summed E-state index contributed by atoms with van der Waals surface area (Å²) in [5, 5.41) is 3.62. The maximum atomic E-state index is 5.28. The molecule has 4 heteroatoms. The second-order valence-corrected chi connectivity index (χ2v) is 7.59. The first-order chi connectivity index (χ1) is 10.2. The van der Waals surface area contributed by atoms with Crippen molar-refractivity contribution in [3.8, 4) is 5.75 Å². The Morgan fingerprint density at radius 1 is 1.33 bits per heavy atom. The number of methoxy groups -OCH3 is 1. The minimum absolute atomic E-state index is 0.323. The van der Waals surface area contributed by atoms with Crippen LogP contribution >= 0.6 is 27.3 Å². The largest absolute Gasteiger partial charge is 0.496 e. The zero-order valence-corrected chi connectivity index (χ0v) is 14.8. The molecular weight excluding hydrogens is 346 g/mol. The van der Waals surface area contributed by atoms with E-state index in [0.717, 1.165) is 16.8 Å². The monoisotopic (exact) mass is 365 g/mol. The van der Waals surface area contributed by atoms with Crippen molar-refractivity contribution in [3.63, 3.8) is 0 Å². The van der Waals surface area contributed by atoms with Crippen molar-refractivity contribution in [2.75, 3.05) is 7.11 Å². The van der Waals surface area contributed by atoms with Crippen LogP contribution in [-0.4, -0.2) is 7.11 Å². The number of hydrogen-bond acceptors (Lipinski definition) is 3. The standard InChI is InChI=1S/C17H20BrNOS/c1-11(12-6-7-16(20-2)15(18)9-12)19-10-14-8-13-4-3-5-17(13)21-14/h6-9,11,19H,3-5,10H2,1-2H3. The lowest BCUT2D eigenvalue weighted by Crippen LogP contribution is -2.17. The average Bonchev–Trinajstić information content (AvgIpc) is 3.05. The minimum Gasteiger partial charge on any atom is -0.496 e. The molecule has 1 N–H and O–H groups in total. The van der Waals surface area contributed by atoms with E-state index < -0.39 is 0 Å². The lowest BCUT2D eigenvalue weighted by molar-refractivity contribution is 0.411. The van der Waals surface area contributed by atoms with E-state index in [2.05, 4.69) is 46.4 Å². The van der Waals surface area contributed by atoms with Gasteiger partial charge in [0.15, 0.2) is 0 Å². The summed E-state index contributed by atoms with van der Waals surface area (Å²) in [5.41, 5.74) is 2.85. The van der Waals surface area contributed by atoms with Gasteiger partial charge in [-0.2, -0.15) is 0 Å². The smallest absolute Gasteiger partial charge is 0.133 e. The first kappa shape index (κ1) is 15.1. The van der Waals surface area contributed by atoms with Crippen LogP contribution in [0.25, 0.3) is 0 Å². The van der Waals surface area contributed by atoms with Crippen molar-refractivity contribution < 1.29 is 4.74 Å². The van der Waals surface area contributed by atoms with Crippen LogP contribution in [-0.2, 0) is 19.4 Å². The van der Waals surface area contributed by atoms with E-state index in [4.69, 9.17) is 4.74 Å². The van der Waals surface area contributed by atoms with Crippen molar-refractivity contribution in [2.24, 2.45) is 0 Å². The van der Waals surface area contributed by atoms with Gasteiger partial charge in [-0.25, -0.2) is 0 Å². The van der Waals surface area contributed by atoms with Crippen molar-refractivity contribution in [1.82, 2.24) is 5.32 Å². The molecule has 1 aliphatic rings. The van der Waals surface area contributed by atoms with E-state index in [1.54, 1.807) is 17.6 Å². The van der Waals surface area contributed by atoms with Crippen molar-refractivity contribution in [2.45, 2.75) is 38.8 Å². The van der Waals surface area contributed by atoms with Gasteiger partial charge in [-0.1, -0.05) is 6.07 Å². The number of rotatable bonds is 5. The van der Waals surface area contributed by atoms with Gasteiger partial charge >= 0.3 is 0 Å². The van der Waals surface area contributed by atoms with Gasteiger partial charge in [0.2, 0.25) is 0 Å². The number of fused-ring (bicyclic) bond motifs is 1. The molecule has 112 valence electrons. The quantitative estimate of drug-likeness (QED) is 0.816. The van der Waals surface area contributed by atoms with Crippen molar-refractivity contribution >= 4 is 27.3 Å². The lowest BCUT2D eigenvalue weighted by atomic mass is 10.1. The molecule has 3 rings (SSSR count). The molecule has 2 nitrogen and oxygen atoms in total. The molecule has 0 saturated heterocycles. The Morgan fingerprint density at radius 2 is 2.19 bits per heavy atom. The number of benzene rings is 1. The summed E-state index contributed by atoms with van der Waals surface area (Å²) in [4.78, 5) is 3.06. The zero-order chi connectivity index (χ0) is 14.8. The van der Waals surface area contributed by atoms with Gasteiger partial charge in [0.25, 0.3) is 0 Å². The molecule has 1 heterocycles. The highest BCUT2D eigenvalue weighted by Crippen LogP contribution is 2.31. The highest BCUT2D eigenvalue weighted by atomic mass is 79.9. The second-order valence-electron chi connectivity index (χ2n) is 5.51. The summed E-state index contributed by atoms with van der Waals surface area (Å²) in [6.45, 7) is 3.15. The van der Waals surface area contributed by atoms with Crippen molar-refractivity contribution in [3.05, 3.63) is 49.6 Å². The van der Waals surface area contributed by atoms with Crippen LogP contribution in [0.15, 0.2) is 28.7 Å². The van der Waals surface area contributed by atoms with Crippen molar-refractivity contribution in [1.29, 1.82) is 0 Å². The van der Waals surface area contributed by atoms with Gasteiger partial charge in [-0.15, -0.1) is 11.3 Å². The molecule has 0 spiro atoms. The summed E-state index contributed by atoms with van der Waals surface area (Å²) in [6.07, 6.45) is 3.89. The van der Waals surface area contributed by atoms with Crippen LogP contribution in [0.2, 0.25) is 0 Å². The lowest BCUT2D eigenvalue weighted by Gasteiger charge is -2.15. The van der Waals surface area contributed by atoms with E-state index >= 15 is 0 Å². The molecule has 1 aliphatic carbocycles. The third-order valence-corrected chi connectivity index (χ3v) is 5.91. The van der Waals surface area contributed by atoms with Gasteiger partial charge < -0.3 is 10.1 Å². The fourth-order valence-corrected chi connectivity index (χ4v) is 4.57. The molecule has 0 fully saturated rings. The van der Waals surface area contributed by atoms with E-state index in [9.17, 15) is 0 Å². The minimum atomic E-state index is 0.323. The normalized spacial score (nSPS) is 15.0. The highest BCUT2D eigenvalue weighted by Gasteiger charge is 2.15. The molecule has 1 atom stereocenters. The average molecular weight is 366 g/mol. The fraction of sp³-hybridized carbons (Fsp3) is 0.412. The molecule has 2 aromatic rings. The highest BCUT2D eigenvalue weighted by molar-refractivity contribution is 9.10. The van der Waals surface area contributed by atoms with Gasteiger partial charge in [-0.05, 0) is 71.4 Å². The van der Waals surface area contributed by atoms with Gasteiger partial charge in [0, 0.05) is 22.3 Å². The SMILES string of the molecule is COc1ccc(C(C)NCc2cc3c(s2)CCC3)cc1Br. The van der Waals surface area contributed by atoms with Gasteiger partial charge in [-0.3, -0.25) is 0 Å². The Hall–Kier alpha value is -0.840. The molecule has 1 aromatic carbocycles. The predicted molar refractivity (Wildman–Crippen MR) is 92.3 cm³/mol. The Kier molecular flexibility index (Phi) is 4.67.